The molecular weight excluding hydrogens is 376 g/mol. The molecule has 0 bridgehead atoms. The number of carbonyl (C=O) groups is 1. The van der Waals surface area contributed by atoms with Crippen LogP contribution in [0, 0.1) is 17.6 Å². The zero-order valence-corrected chi connectivity index (χ0v) is 15.8. The van der Waals surface area contributed by atoms with Crippen molar-refractivity contribution in [1.82, 2.24) is 20.1 Å². The van der Waals surface area contributed by atoms with E-state index in [-0.39, 0.29) is 11.8 Å². The van der Waals surface area contributed by atoms with Gasteiger partial charge >= 0.3 is 0 Å². The fourth-order valence-electron chi connectivity index (χ4n) is 3.52. The molecule has 4 rings (SSSR count). The zero-order valence-electron chi connectivity index (χ0n) is 15.8. The average Bonchev–Trinajstić information content (AvgIpc) is 3.41. The normalized spacial score (nSPS) is 16.2. The third-order valence-corrected chi connectivity index (χ3v) is 5.13. The monoisotopic (exact) mass is 397 g/mol. The van der Waals surface area contributed by atoms with Crippen LogP contribution in [0.2, 0.25) is 0 Å². The van der Waals surface area contributed by atoms with Crippen LogP contribution in [0.3, 0.4) is 0 Å². The lowest BCUT2D eigenvalue weighted by Crippen LogP contribution is -2.31. The fraction of sp³-hybridized carbons (Fsp3) is 0.286. The molecule has 1 unspecified atom stereocenters. The average molecular weight is 397 g/mol. The molecule has 0 saturated carbocycles. The SMILES string of the molecule is O=C(NCC1CCN(c2ccc(F)c(F)c2)C1)c1ccc(Cn2cncn2)cc1. The van der Waals surface area contributed by atoms with Gasteiger partial charge in [-0.3, -0.25) is 4.79 Å². The van der Waals surface area contributed by atoms with Gasteiger partial charge in [0.25, 0.3) is 5.91 Å². The molecule has 2 aromatic carbocycles. The van der Waals surface area contributed by atoms with Crippen LogP contribution in [-0.4, -0.2) is 40.3 Å². The van der Waals surface area contributed by atoms with E-state index >= 15 is 0 Å². The topological polar surface area (TPSA) is 63.1 Å². The van der Waals surface area contributed by atoms with Gasteiger partial charge in [0.05, 0.1) is 6.54 Å². The molecule has 150 valence electrons. The predicted molar refractivity (Wildman–Crippen MR) is 105 cm³/mol. The standard InChI is InChI=1S/C21H21F2N5O/c22-19-6-5-18(9-20(19)23)27-8-7-16(11-27)10-25-21(29)17-3-1-15(2-4-17)12-28-14-24-13-26-28/h1-6,9,13-14,16H,7-8,10-12H2,(H,25,29). The maximum Gasteiger partial charge on any atom is 0.251 e. The second-order valence-electron chi connectivity index (χ2n) is 7.20. The molecule has 0 spiro atoms. The number of nitrogens with zero attached hydrogens (tertiary/aromatic N) is 4. The number of anilines is 1. The molecule has 29 heavy (non-hydrogen) atoms. The molecule has 3 aromatic rings. The van der Waals surface area contributed by atoms with Gasteiger partial charge in [0.15, 0.2) is 11.6 Å². The summed E-state index contributed by atoms with van der Waals surface area (Å²) in [5, 5.41) is 7.03. The smallest absolute Gasteiger partial charge is 0.251 e. The maximum atomic E-state index is 13.4. The summed E-state index contributed by atoms with van der Waals surface area (Å²) in [5.74, 6) is -1.54. The van der Waals surface area contributed by atoms with Crippen LogP contribution in [0.5, 0.6) is 0 Å². The first-order valence-electron chi connectivity index (χ1n) is 9.48. The molecule has 6 nitrogen and oxygen atoms in total. The number of aromatic nitrogens is 3. The van der Waals surface area contributed by atoms with Crippen molar-refractivity contribution in [3.05, 3.63) is 77.9 Å². The van der Waals surface area contributed by atoms with Crippen molar-refractivity contribution in [2.24, 2.45) is 5.92 Å². The van der Waals surface area contributed by atoms with Crippen LogP contribution in [0.4, 0.5) is 14.5 Å². The third-order valence-electron chi connectivity index (χ3n) is 5.13. The maximum absolute atomic E-state index is 13.4. The van der Waals surface area contributed by atoms with Crippen LogP contribution >= 0.6 is 0 Å². The summed E-state index contributed by atoms with van der Waals surface area (Å²) >= 11 is 0. The van der Waals surface area contributed by atoms with Crippen LogP contribution in [0.1, 0.15) is 22.3 Å². The molecule has 1 aliphatic rings. The van der Waals surface area contributed by atoms with Crippen molar-refractivity contribution in [3.63, 3.8) is 0 Å². The number of hydrogen-bond donors (Lipinski definition) is 1. The first-order valence-corrected chi connectivity index (χ1v) is 9.48. The van der Waals surface area contributed by atoms with Gasteiger partial charge in [-0.15, -0.1) is 0 Å². The van der Waals surface area contributed by atoms with Crippen molar-refractivity contribution in [3.8, 4) is 0 Å². The first-order chi connectivity index (χ1) is 14.1. The minimum Gasteiger partial charge on any atom is -0.371 e. The Morgan fingerprint density at radius 2 is 1.97 bits per heavy atom. The second kappa shape index (κ2) is 8.38. The van der Waals surface area contributed by atoms with Gasteiger partial charge in [-0.25, -0.2) is 18.4 Å². The van der Waals surface area contributed by atoms with Gasteiger partial charge in [-0.1, -0.05) is 12.1 Å². The zero-order chi connectivity index (χ0) is 20.2. The first kappa shape index (κ1) is 19.0. The Labute approximate surface area is 167 Å². The number of halogens is 2. The highest BCUT2D eigenvalue weighted by atomic mass is 19.2. The van der Waals surface area contributed by atoms with E-state index in [2.05, 4.69) is 15.4 Å². The van der Waals surface area contributed by atoms with Gasteiger partial charge in [0, 0.05) is 37.0 Å². The Bertz CT molecular complexity index is 975. The number of rotatable bonds is 6. The summed E-state index contributed by atoms with van der Waals surface area (Å²) in [6, 6.07) is 11.3. The fourth-order valence-corrected chi connectivity index (χ4v) is 3.52. The van der Waals surface area contributed by atoms with Gasteiger partial charge in [-0.2, -0.15) is 5.10 Å². The molecule has 1 N–H and O–H groups in total. The van der Waals surface area contributed by atoms with Crippen molar-refractivity contribution in [1.29, 1.82) is 0 Å². The summed E-state index contributed by atoms with van der Waals surface area (Å²) in [6.07, 6.45) is 4.01. The lowest BCUT2D eigenvalue weighted by Gasteiger charge is -2.19. The van der Waals surface area contributed by atoms with Crippen molar-refractivity contribution in [2.75, 3.05) is 24.5 Å². The van der Waals surface area contributed by atoms with Crippen LogP contribution in [0.25, 0.3) is 0 Å². The Kier molecular flexibility index (Phi) is 5.50. The molecule has 8 heteroatoms. The number of hydrogen-bond acceptors (Lipinski definition) is 4. The number of nitrogens with one attached hydrogen (secondary N) is 1. The van der Waals surface area contributed by atoms with E-state index in [1.165, 1.54) is 12.4 Å². The summed E-state index contributed by atoms with van der Waals surface area (Å²) in [5.41, 5.74) is 2.30. The highest BCUT2D eigenvalue weighted by Gasteiger charge is 2.24. The molecular formula is C21H21F2N5O. The van der Waals surface area contributed by atoms with Gasteiger partial charge in [-0.05, 0) is 42.2 Å². The van der Waals surface area contributed by atoms with E-state index in [4.69, 9.17) is 0 Å². The summed E-state index contributed by atoms with van der Waals surface area (Å²) < 4.78 is 28.3. The Morgan fingerprint density at radius 1 is 1.14 bits per heavy atom. The summed E-state index contributed by atoms with van der Waals surface area (Å²) in [6.45, 7) is 2.59. The molecule has 1 amide bonds. The number of carbonyl (C=O) groups excluding carboxylic acids is 1. The molecule has 0 radical (unpaired) electrons. The minimum atomic E-state index is -0.843. The molecule has 2 heterocycles. The van der Waals surface area contributed by atoms with Crippen molar-refractivity contribution < 1.29 is 13.6 Å². The van der Waals surface area contributed by atoms with E-state index in [1.807, 2.05) is 17.0 Å². The summed E-state index contributed by atoms with van der Waals surface area (Å²) in [7, 11) is 0. The van der Waals surface area contributed by atoms with E-state index in [0.717, 1.165) is 24.6 Å². The predicted octanol–water partition coefficient (Wildman–Crippen LogP) is 2.86. The number of benzene rings is 2. The highest BCUT2D eigenvalue weighted by molar-refractivity contribution is 5.94. The van der Waals surface area contributed by atoms with Gasteiger partial charge in [0.2, 0.25) is 0 Å². The van der Waals surface area contributed by atoms with E-state index < -0.39 is 11.6 Å². The molecule has 1 atom stereocenters. The Balaban J connectivity index is 1.28. The Morgan fingerprint density at radius 3 is 2.69 bits per heavy atom. The van der Waals surface area contributed by atoms with Gasteiger partial charge in [0.1, 0.15) is 12.7 Å². The lowest BCUT2D eigenvalue weighted by atomic mass is 10.1. The molecule has 1 aromatic heterocycles. The van der Waals surface area contributed by atoms with E-state index in [9.17, 15) is 13.6 Å². The van der Waals surface area contributed by atoms with Crippen LogP contribution in [-0.2, 0) is 6.54 Å². The van der Waals surface area contributed by atoms with Crippen LogP contribution < -0.4 is 10.2 Å². The molecule has 1 aliphatic heterocycles. The molecule has 1 fully saturated rings. The lowest BCUT2D eigenvalue weighted by molar-refractivity contribution is 0.0948. The highest BCUT2D eigenvalue weighted by Crippen LogP contribution is 2.25. The van der Waals surface area contributed by atoms with E-state index in [0.29, 0.717) is 30.9 Å². The van der Waals surface area contributed by atoms with Crippen LogP contribution in [0.15, 0.2) is 55.1 Å². The van der Waals surface area contributed by atoms with Gasteiger partial charge < -0.3 is 10.2 Å². The Hall–Kier alpha value is -3.29. The minimum absolute atomic E-state index is 0.122. The third kappa shape index (κ3) is 4.59. The van der Waals surface area contributed by atoms with E-state index in [1.54, 1.807) is 29.2 Å². The summed E-state index contributed by atoms with van der Waals surface area (Å²) in [4.78, 5) is 18.3. The largest absolute Gasteiger partial charge is 0.371 e. The second-order valence-corrected chi connectivity index (χ2v) is 7.20. The van der Waals surface area contributed by atoms with Crippen molar-refractivity contribution in [2.45, 2.75) is 13.0 Å². The quantitative estimate of drug-likeness (QED) is 0.695. The van der Waals surface area contributed by atoms with Crippen molar-refractivity contribution >= 4 is 11.6 Å². The molecule has 1 saturated heterocycles. The molecule has 0 aliphatic carbocycles. The number of amides is 1.